The number of hydrogen-bond acceptors (Lipinski definition) is 5. The van der Waals surface area contributed by atoms with E-state index in [1.807, 2.05) is 50.2 Å². The molecule has 158 valence electrons. The van der Waals surface area contributed by atoms with Gasteiger partial charge >= 0.3 is 0 Å². The van der Waals surface area contributed by atoms with Crippen molar-refractivity contribution in [3.8, 4) is 11.5 Å². The molecule has 0 unspecified atom stereocenters. The van der Waals surface area contributed by atoms with Crippen LogP contribution in [-0.4, -0.2) is 38.3 Å². The molecule has 1 heterocycles. The number of amides is 2. The number of methoxy groups -OCH3 is 2. The minimum absolute atomic E-state index is 0.110. The predicted octanol–water partition coefficient (Wildman–Crippen LogP) is 3.16. The van der Waals surface area contributed by atoms with Gasteiger partial charge in [0.1, 0.15) is 17.2 Å². The quantitative estimate of drug-likeness (QED) is 0.762. The zero-order valence-corrected chi connectivity index (χ0v) is 17.8. The van der Waals surface area contributed by atoms with Gasteiger partial charge in [0.15, 0.2) is 0 Å². The van der Waals surface area contributed by atoms with Crippen LogP contribution in [0.5, 0.6) is 11.5 Å². The first-order chi connectivity index (χ1) is 14.4. The number of nitrogens with one attached hydrogen (secondary N) is 1. The molecule has 0 bridgehead atoms. The van der Waals surface area contributed by atoms with Crippen LogP contribution in [-0.2, 0) is 16.0 Å². The summed E-state index contributed by atoms with van der Waals surface area (Å²) in [5.41, 5.74) is 3.97. The van der Waals surface area contributed by atoms with Gasteiger partial charge in [0.2, 0.25) is 5.91 Å². The summed E-state index contributed by atoms with van der Waals surface area (Å²) in [7, 11) is 3.22. The summed E-state index contributed by atoms with van der Waals surface area (Å²) < 4.78 is 10.6. The molecule has 0 atom stereocenters. The summed E-state index contributed by atoms with van der Waals surface area (Å²) in [5.74, 6) is 1.10. The van der Waals surface area contributed by atoms with E-state index >= 15 is 0 Å². The van der Waals surface area contributed by atoms with Gasteiger partial charge in [-0.25, -0.2) is 5.01 Å². The van der Waals surface area contributed by atoms with Crippen LogP contribution in [0.4, 0.5) is 5.69 Å². The summed E-state index contributed by atoms with van der Waals surface area (Å²) in [4.78, 5) is 25.1. The van der Waals surface area contributed by atoms with E-state index in [1.165, 1.54) is 5.01 Å². The van der Waals surface area contributed by atoms with Crippen LogP contribution >= 0.6 is 0 Å². The summed E-state index contributed by atoms with van der Waals surface area (Å²) in [6.07, 6.45) is 1.16. The molecule has 0 aliphatic carbocycles. The van der Waals surface area contributed by atoms with Gasteiger partial charge in [0.05, 0.1) is 19.9 Å². The number of carbonyl (C=O) groups excluding carboxylic acids is 2. The standard InChI is InChI=1S/C23H27N3O4/c1-15-5-6-16(2)20(13-15)26-22(27)10-8-19(25-26)23(28)24-12-11-17-14-18(29-3)7-9-21(17)30-4/h5-7,9,13-14H,8,10-12H2,1-4H3,(H,24,28). The zero-order chi connectivity index (χ0) is 21.7. The minimum atomic E-state index is -0.264. The molecule has 1 N–H and O–H groups in total. The second-order valence-electron chi connectivity index (χ2n) is 7.23. The molecule has 1 aliphatic rings. The van der Waals surface area contributed by atoms with E-state index < -0.39 is 0 Å². The van der Waals surface area contributed by atoms with Gasteiger partial charge in [-0.15, -0.1) is 0 Å². The lowest BCUT2D eigenvalue weighted by atomic mass is 10.1. The fourth-order valence-electron chi connectivity index (χ4n) is 3.34. The van der Waals surface area contributed by atoms with E-state index in [4.69, 9.17) is 9.47 Å². The number of nitrogens with zero attached hydrogens (tertiary/aromatic N) is 2. The second-order valence-corrected chi connectivity index (χ2v) is 7.23. The van der Waals surface area contributed by atoms with Gasteiger partial charge in [-0.1, -0.05) is 12.1 Å². The highest BCUT2D eigenvalue weighted by molar-refractivity contribution is 6.40. The van der Waals surface area contributed by atoms with Crippen molar-refractivity contribution in [1.29, 1.82) is 0 Å². The van der Waals surface area contributed by atoms with E-state index in [0.717, 1.165) is 28.2 Å². The lowest BCUT2D eigenvalue weighted by Crippen LogP contribution is -2.40. The smallest absolute Gasteiger partial charge is 0.267 e. The second kappa shape index (κ2) is 9.43. The zero-order valence-electron chi connectivity index (χ0n) is 17.8. The molecule has 0 spiro atoms. The largest absolute Gasteiger partial charge is 0.497 e. The van der Waals surface area contributed by atoms with Crippen LogP contribution < -0.4 is 19.8 Å². The summed E-state index contributed by atoms with van der Waals surface area (Å²) in [5, 5.41) is 8.62. The van der Waals surface area contributed by atoms with Crippen molar-refractivity contribution in [2.45, 2.75) is 33.1 Å². The number of carbonyl (C=O) groups is 2. The Balaban J connectivity index is 1.69. The maximum atomic E-state index is 12.7. The number of hydrogen-bond donors (Lipinski definition) is 1. The molecule has 1 aliphatic heterocycles. The molecule has 3 rings (SSSR count). The number of benzene rings is 2. The van der Waals surface area contributed by atoms with E-state index in [-0.39, 0.29) is 18.2 Å². The molecule has 2 amide bonds. The number of anilines is 1. The molecule has 30 heavy (non-hydrogen) atoms. The fourth-order valence-corrected chi connectivity index (χ4v) is 3.34. The average Bonchev–Trinajstić information content (AvgIpc) is 2.75. The molecule has 0 saturated heterocycles. The normalized spacial score (nSPS) is 13.7. The molecule has 0 fully saturated rings. The van der Waals surface area contributed by atoms with Gasteiger partial charge in [-0.3, -0.25) is 9.59 Å². The molecule has 7 nitrogen and oxygen atoms in total. The molecule has 7 heteroatoms. The van der Waals surface area contributed by atoms with Gasteiger partial charge in [0.25, 0.3) is 5.91 Å². The first-order valence-corrected chi connectivity index (χ1v) is 9.89. The Bertz CT molecular complexity index is 984. The molecule has 0 saturated carbocycles. The first-order valence-electron chi connectivity index (χ1n) is 9.89. The lowest BCUT2D eigenvalue weighted by Gasteiger charge is -2.24. The summed E-state index contributed by atoms with van der Waals surface area (Å²) in [6, 6.07) is 11.4. The Kier molecular flexibility index (Phi) is 6.72. The van der Waals surface area contributed by atoms with Crippen LogP contribution in [0.2, 0.25) is 0 Å². The van der Waals surface area contributed by atoms with Crippen molar-refractivity contribution in [3.63, 3.8) is 0 Å². The third kappa shape index (κ3) is 4.79. The van der Waals surface area contributed by atoms with Crippen molar-refractivity contribution in [2.24, 2.45) is 5.10 Å². The number of ether oxygens (including phenoxy) is 2. The van der Waals surface area contributed by atoms with Crippen LogP contribution in [0.15, 0.2) is 41.5 Å². The van der Waals surface area contributed by atoms with E-state index in [2.05, 4.69) is 10.4 Å². The van der Waals surface area contributed by atoms with Gasteiger partial charge < -0.3 is 14.8 Å². The molecule has 2 aromatic carbocycles. The minimum Gasteiger partial charge on any atom is -0.497 e. The fraction of sp³-hybridized carbons (Fsp3) is 0.348. The topological polar surface area (TPSA) is 80.2 Å². The first kappa shape index (κ1) is 21.4. The highest BCUT2D eigenvalue weighted by Crippen LogP contribution is 2.26. The van der Waals surface area contributed by atoms with Crippen molar-refractivity contribution in [2.75, 3.05) is 25.8 Å². The summed E-state index contributed by atoms with van der Waals surface area (Å²) in [6.45, 7) is 4.30. The Labute approximate surface area is 176 Å². The van der Waals surface area contributed by atoms with Gasteiger partial charge in [-0.05, 0) is 61.2 Å². The third-order valence-electron chi connectivity index (χ3n) is 5.06. The third-order valence-corrected chi connectivity index (χ3v) is 5.06. The van der Waals surface area contributed by atoms with Crippen molar-refractivity contribution >= 4 is 23.2 Å². The number of rotatable bonds is 7. The number of hydrazone groups is 1. The monoisotopic (exact) mass is 409 g/mol. The highest BCUT2D eigenvalue weighted by atomic mass is 16.5. The van der Waals surface area contributed by atoms with Crippen molar-refractivity contribution < 1.29 is 19.1 Å². The molecule has 2 aromatic rings. The predicted molar refractivity (Wildman–Crippen MR) is 116 cm³/mol. The molecule has 0 aromatic heterocycles. The van der Waals surface area contributed by atoms with Crippen LogP contribution in [0.25, 0.3) is 0 Å². The van der Waals surface area contributed by atoms with Crippen LogP contribution in [0, 0.1) is 13.8 Å². The highest BCUT2D eigenvalue weighted by Gasteiger charge is 2.26. The van der Waals surface area contributed by atoms with Crippen molar-refractivity contribution in [3.05, 3.63) is 53.1 Å². The van der Waals surface area contributed by atoms with Crippen LogP contribution in [0.3, 0.4) is 0 Å². The van der Waals surface area contributed by atoms with Crippen LogP contribution in [0.1, 0.15) is 29.5 Å². The average molecular weight is 409 g/mol. The van der Waals surface area contributed by atoms with E-state index in [9.17, 15) is 9.59 Å². The Hall–Kier alpha value is -3.35. The van der Waals surface area contributed by atoms with Crippen molar-refractivity contribution in [1.82, 2.24) is 5.32 Å². The summed E-state index contributed by atoms with van der Waals surface area (Å²) >= 11 is 0. The van der Waals surface area contributed by atoms with Gasteiger partial charge in [0, 0.05) is 19.4 Å². The van der Waals surface area contributed by atoms with E-state index in [1.54, 1.807) is 14.2 Å². The van der Waals surface area contributed by atoms with E-state index in [0.29, 0.717) is 30.8 Å². The SMILES string of the molecule is COc1ccc(OC)c(CCNC(=O)C2=NN(c3cc(C)ccc3C)C(=O)CC2)c1. The molecular formula is C23H27N3O4. The Morgan fingerprint density at radius 2 is 1.90 bits per heavy atom. The maximum absolute atomic E-state index is 12.7. The lowest BCUT2D eigenvalue weighted by molar-refractivity contribution is -0.118. The molecular weight excluding hydrogens is 382 g/mol. The molecule has 0 radical (unpaired) electrons. The van der Waals surface area contributed by atoms with Gasteiger partial charge in [-0.2, -0.15) is 5.10 Å². The maximum Gasteiger partial charge on any atom is 0.267 e. The number of aryl methyl sites for hydroxylation is 2. The Morgan fingerprint density at radius 3 is 2.63 bits per heavy atom. The Morgan fingerprint density at radius 1 is 1.10 bits per heavy atom.